The molecule has 2 N–H and O–H groups in total. The number of hydrogen-bond acceptors (Lipinski definition) is 4. The van der Waals surface area contributed by atoms with Crippen LogP contribution in [0.5, 0.6) is 5.75 Å². The summed E-state index contributed by atoms with van der Waals surface area (Å²) >= 11 is 0. The third-order valence-electron chi connectivity index (χ3n) is 4.20. The molecule has 0 radical (unpaired) electrons. The minimum absolute atomic E-state index is 0.0884. The predicted molar refractivity (Wildman–Crippen MR) is 102 cm³/mol. The van der Waals surface area contributed by atoms with Gasteiger partial charge < -0.3 is 20.1 Å². The number of guanidine groups is 1. The average Bonchev–Trinajstić information content (AvgIpc) is 2.62. The molecule has 1 heterocycles. The number of ether oxygens (including phenoxy) is 2. The van der Waals surface area contributed by atoms with E-state index in [2.05, 4.69) is 39.1 Å². The fourth-order valence-corrected chi connectivity index (χ4v) is 3.06. The lowest BCUT2D eigenvalue weighted by molar-refractivity contribution is -0.0504. The molecule has 1 fully saturated rings. The van der Waals surface area contributed by atoms with Crippen LogP contribution in [0.4, 0.5) is 8.78 Å². The third-order valence-corrected chi connectivity index (χ3v) is 4.20. The van der Waals surface area contributed by atoms with Gasteiger partial charge in [0.15, 0.2) is 5.96 Å². The summed E-state index contributed by atoms with van der Waals surface area (Å²) in [5.41, 5.74) is 0.637. The van der Waals surface area contributed by atoms with Crippen molar-refractivity contribution in [3.63, 3.8) is 0 Å². The van der Waals surface area contributed by atoms with E-state index in [9.17, 15) is 8.78 Å². The summed E-state index contributed by atoms with van der Waals surface area (Å²) in [6, 6.07) is 6.72. The Morgan fingerprint density at radius 1 is 1.33 bits per heavy atom. The van der Waals surface area contributed by atoms with Crippen LogP contribution in [0.25, 0.3) is 0 Å². The Morgan fingerprint density at radius 2 is 2.11 bits per heavy atom. The zero-order chi connectivity index (χ0) is 19.6. The number of aliphatic imine (C=N–C) groups is 1. The van der Waals surface area contributed by atoms with Crippen LogP contribution in [0.1, 0.15) is 19.4 Å². The summed E-state index contributed by atoms with van der Waals surface area (Å²) < 4.78 is 35.4. The van der Waals surface area contributed by atoms with E-state index < -0.39 is 6.61 Å². The highest BCUT2D eigenvalue weighted by Crippen LogP contribution is 2.19. The molecule has 0 aromatic heterocycles. The molecule has 1 aliphatic heterocycles. The molecule has 0 spiro atoms. The van der Waals surface area contributed by atoms with E-state index >= 15 is 0 Å². The van der Waals surface area contributed by atoms with Crippen molar-refractivity contribution in [1.29, 1.82) is 0 Å². The average molecular weight is 384 g/mol. The molecule has 1 aromatic carbocycles. The second-order valence-electron chi connectivity index (χ2n) is 6.94. The number of hydrogen-bond donors (Lipinski definition) is 2. The first-order valence-corrected chi connectivity index (χ1v) is 9.29. The summed E-state index contributed by atoms with van der Waals surface area (Å²) in [5.74, 6) is 1.38. The van der Waals surface area contributed by atoms with Gasteiger partial charge in [0.05, 0.1) is 12.7 Å². The smallest absolute Gasteiger partial charge is 0.387 e. The second-order valence-corrected chi connectivity index (χ2v) is 6.94. The van der Waals surface area contributed by atoms with E-state index in [4.69, 9.17) is 4.74 Å². The van der Waals surface area contributed by atoms with Crippen molar-refractivity contribution in [3.8, 4) is 5.75 Å². The standard InChI is InChI=1S/C19H30F2N4O2/c1-14(2)12-25-8-9-26-16(13-25)11-24-19(22-3)23-10-15-6-4-5-7-17(15)27-18(20)21/h4-7,14,16,18H,8-13H2,1-3H3,(H2,22,23,24). The van der Waals surface area contributed by atoms with Gasteiger partial charge in [0.25, 0.3) is 0 Å². The van der Waals surface area contributed by atoms with E-state index in [0.29, 0.717) is 30.5 Å². The fraction of sp³-hybridized carbons (Fsp3) is 0.632. The number of nitrogens with zero attached hydrogens (tertiary/aromatic N) is 2. The van der Waals surface area contributed by atoms with Crippen molar-refractivity contribution >= 4 is 5.96 Å². The number of nitrogens with one attached hydrogen (secondary N) is 2. The summed E-state index contributed by atoms with van der Waals surface area (Å²) in [7, 11) is 1.67. The fourth-order valence-electron chi connectivity index (χ4n) is 3.06. The van der Waals surface area contributed by atoms with Crippen molar-refractivity contribution in [2.75, 3.05) is 39.8 Å². The highest BCUT2D eigenvalue weighted by molar-refractivity contribution is 5.79. The normalized spacial score (nSPS) is 18.8. The lowest BCUT2D eigenvalue weighted by Gasteiger charge is -2.34. The van der Waals surface area contributed by atoms with Crippen molar-refractivity contribution in [3.05, 3.63) is 29.8 Å². The van der Waals surface area contributed by atoms with Gasteiger partial charge in [-0.15, -0.1) is 0 Å². The molecular formula is C19H30F2N4O2. The van der Waals surface area contributed by atoms with Crippen molar-refractivity contribution in [2.45, 2.75) is 33.1 Å². The van der Waals surface area contributed by atoms with Gasteiger partial charge in [0, 0.05) is 45.3 Å². The quantitative estimate of drug-likeness (QED) is 0.532. The van der Waals surface area contributed by atoms with Gasteiger partial charge in [0.1, 0.15) is 5.75 Å². The Hall–Kier alpha value is -1.93. The minimum Gasteiger partial charge on any atom is -0.434 e. The maximum absolute atomic E-state index is 12.5. The van der Waals surface area contributed by atoms with Gasteiger partial charge in [0.2, 0.25) is 0 Å². The van der Waals surface area contributed by atoms with Gasteiger partial charge in [-0.1, -0.05) is 32.0 Å². The maximum atomic E-state index is 12.5. The first-order valence-electron chi connectivity index (χ1n) is 9.29. The predicted octanol–water partition coefficient (Wildman–Crippen LogP) is 2.31. The topological polar surface area (TPSA) is 58.1 Å². The van der Waals surface area contributed by atoms with Crippen molar-refractivity contribution < 1.29 is 18.3 Å². The summed E-state index contributed by atoms with van der Waals surface area (Å²) in [4.78, 5) is 6.59. The van der Waals surface area contributed by atoms with Crippen molar-refractivity contribution in [1.82, 2.24) is 15.5 Å². The van der Waals surface area contributed by atoms with Crippen LogP contribution in [0, 0.1) is 5.92 Å². The molecule has 0 saturated carbocycles. The van der Waals surface area contributed by atoms with E-state index in [1.54, 1.807) is 25.2 Å². The summed E-state index contributed by atoms with van der Waals surface area (Å²) in [6.45, 7) is 6.17. The number of rotatable bonds is 8. The second kappa shape index (κ2) is 11.0. The van der Waals surface area contributed by atoms with Crippen LogP contribution in [0.15, 0.2) is 29.3 Å². The molecule has 1 atom stereocenters. The number of alkyl halides is 2. The molecule has 0 amide bonds. The number of para-hydroxylation sites is 1. The Labute approximate surface area is 159 Å². The Balaban J connectivity index is 1.81. The van der Waals surface area contributed by atoms with E-state index in [-0.39, 0.29) is 11.9 Å². The van der Waals surface area contributed by atoms with Gasteiger partial charge in [-0.25, -0.2) is 0 Å². The first-order chi connectivity index (χ1) is 13.0. The largest absolute Gasteiger partial charge is 0.434 e. The zero-order valence-electron chi connectivity index (χ0n) is 16.3. The molecule has 152 valence electrons. The summed E-state index contributed by atoms with van der Waals surface area (Å²) in [6.07, 6.45) is 0.0884. The first kappa shape index (κ1) is 21.4. The van der Waals surface area contributed by atoms with Crippen LogP contribution < -0.4 is 15.4 Å². The molecule has 1 aliphatic rings. The zero-order valence-corrected chi connectivity index (χ0v) is 16.3. The highest BCUT2D eigenvalue weighted by atomic mass is 19.3. The van der Waals surface area contributed by atoms with E-state index in [0.717, 1.165) is 26.2 Å². The number of morpholine rings is 1. The monoisotopic (exact) mass is 384 g/mol. The van der Waals surface area contributed by atoms with Gasteiger partial charge in [-0.3, -0.25) is 9.89 Å². The molecule has 2 rings (SSSR count). The molecule has 1 aromatic rings. The van der Waals surface area contributed by atoms with E-state index in [1.807, 2.05) is 0 Å². The van der Waals surface area contributed by atoms with Crippen LogP contribution in [0.2, 0.25) is 0 Å². The van der Waals surface area contributed by atoms with Gasteiger partial charge >= 0.3 is 6.61 Å². The van der Waals surface area contributed by atoms with Gasteiger partial charge in [-0.05, 0) is 12.0 Å². The SMILES string of the molecule is CN=C(NCc1ccccc1OC(F)F)NCC1CN(CC(C)C)CCO1. The Bertz CT molecular complexity index is 599. The molecular weight excluding hydrogens is 354 g/mol. The lowest BCUT2D eigenvalue weighted by atomic mass is 10.2. The Kier molecular flexibility index (Phi) is 8.74. The van der Waals surface area contributed by atoms with Gasteiger partial charge in [-0.2, -0.15) is 8.78 Å². The van der Waals surface area contributed by atoms with Crippen molar-refractivity contribution in [2.24, 2.45) is 10.9 Å². The summed E-state index contributed by atoms with van der Waals surface area (Å²) in [5, 5.41) is 6.37. The van der Waals surface area contributed by atoms with Crippen LogP contribution in [0.3, 0.4) is 0 Å². The molecule has 27 heavy (non-hydrogen) atoms. The third kappa shape index (κ3) is 7.68. The molecule has 8 heteroatoms. The number of halogens is 2. The van der Waals surface area contributed by atoms with Crippen LogP contribution in [-0.2, 0) is 11.3 Å². The molecule has 6 nitrogen and oxygen atoms in total. The highest BCUT2D eigenvalue weighted by Gasteiger charge is 2.21. The maximum Gasteiger partial charge on any atom is 0.387 e. The van der Waals surface area contributed by atoms with E-state index in [1.165, 1.54) is 6.07 Å². The molecule has 0 bridgehead atoms. The molecule has 1 saturated heterocycles. The minimum atomic E-state index is -2.85. The van der Waals surface area contributed by atoms with Crippen LogP contribution in [-0.4, -0.2) is 63.4 Å². The lowest BCUT2D eigenvalue weighted by Crippen LogP contribution is -2.50. The number of benzene rings is 1. The molecule has 1 unspecified atom stereocenters. The van der Waals surface area contributed by atoms with Crippen LogP contribution >= 0.6 is 0 Å². The molecule has 0 aliphatic carbocycles. The Morgan fingerprint density at radius 3 is 2.81 bits per heavy atom.